The molecule has 1 saturated heterocycles. The first-order valence-electron chi connectivity index (χ1n) is 3.31. The predicted molar refractivity (Wildman–Crippen MR) is 39.9 cm³/mol. The van der Waals surface area contributed by atoms with Crippen LogP contribution in [0.1, 0.15) is 19.3 Å². The van der Waals surface area contributed by atoms with Crippen LogP contribution in [0.3, 0.4) is 0 Å². The Morgan fingerprint density at radius 2 is 1.67 bits per heavy atom. The Morgan fingerprint density at radius 3 is 2.00 bits per heavy atom. The van der Waals surface area contributed by atoms with Gasteiger partial charge in [-0.3, -0.25) is 0 Å². The van der Waals surface area contributed by atoms with Gasteiger partial charge < -0.3 is 4.90 Å². The number of piperidine rings is 1. The van der Waals surface area contributed by atoms with E-state index in [-0.39, 0.29) is 0 Å². The smallest absolute Gasteiger partial charge is 0.0111 e. The molecule has 0 unspecified atom stereocenters. The molecular formula is C8H13N. The zero-order valence-corrected chi connectivity index (χ0v) is 5.98. The maximum atomic E-state index is 3.91. The van der Waals surface area contributed by atoms with E-state index in [2.05, 4.69) is 18.1 Å². The molecule has 1 aliphatic heterocycles. The van der Waals surface area contributed by atoms with Crippen LogP contribution in [0.15, 0.2) is 24.6 Å². The van der Waals surface area contributed by atoms with E-state index in [0.717, 1.165) is 12.8 Å². The maximum absolute atomic E-state index is 3.91. The molecule has 9 heavy (non-hydrogen) atoms. The van der Waals surface area contributed by atoms with Gasteiger partial charge in [0.05, 0.1) is 0 Å². The topological polar surface area (TPSA) is 3.24 Å². The molecule has 1 fully saturated rings. The second kappa shape index (κ2) is 2.26. The fourth-order valence-corrected chi connectivity index (χ4v) is 1.06. The van der Waals surface area contributed by atoms with Gasteiger partial charge in [0.1, 0.15) is 0 Å². The van der Waals surface area contributed by atoms with Gasteiger partial charge in [-0.15, -0.1) is 0 Å². The van der Waals surface area contributed by atoms with E-state index in [1.165, 1.54) is 17.8 Å². The highest BCUT2D eigenvalue weighted by Crippen LogP contribution is 2.23. The number of likely N-dealkylation sites (tertiary alicyclic amines) is 1. The third-order valence-corrected chi connectivity index (χ3v) is 1.88. The highest BCUT2D eigenvalue weighted by Gasteiger charge is 2.10. The summed E-state index contributed by atoms with van der Waals surface area (Å²) in [6.45, 7) is 7.82. The summed E-state index contributed by atoms with van der Waals surface area (Å²) in [6.07, 6.45) is 3.49. The molecule has 0 saturated carbocycles. The molecule has 0 bridgehead atoms. The van der Waals surface area contributed by atoms with Crippen molar-refractivity contribution in [2.45, 2.75) is 19.3 Å². The SMILES string of the molecule is C=C1CCCC(=C)N1C. The summed E-state index contributed by atoms with van der Waals surface area (Å²) >= 11 is 0. The fourth-order valence-electron chi connectivity index (χ4n) is 1.06. The molecule has 0 amide bonds. The van der Waals surface area contributed by atoms with Crippen molar-refractivity contribution in [2.24, 2.45) is 0 Å². The molecule has 1 rings (SSSR count). The number of hydrogen-bond donors (Lipinski definition) is 0. The average Bonchev–Trinajstić information content (AvgIpc) is 1.83. The summed E-state index contributed by atoms with van der Waals surface area (Å²) in [5.41, 5.74) is 2.40. The number of allylic oxidation sites excluding steroid dienone is 2. The van der Waals surface area contributed by atoms with Crippen molar-refractivity contribution in [2.75, 3.05) is 7.05 Å². The molecular weight excluding hydrogens is 110 g/mol. The zero-order chi connectivity index (χ0) is 6.85. The van der Waals surface area contributed by atoms with Crippen molar-refractivity contribution in [3.63, 3.8) is 0 Å². The molecule has 50 valence electrons. The van der Waals surface area contributed by atoms with Gasteiger partial charge in [0, 0.05) is 18.4 Å². The third kappa shape index (κ3) is 1.15. The predicted octanol–water partition coefficient (Wildman–Crippen LogP) is 2.13. The van der Waals surface area contributed by atoms with Crippen molar-refractivity contribution < 1.29 is 0 Å². The van der Waals surface area contributed by atoms with Crippen LogP contribution >= 0.6 is 0 Å². The van der Waals surface area contributed by atoms with E-state index < -0.39 is 0 Å². The molecule has 0 aliphatic carbocycles. The quantitative estimate of drug-likeness (QED) is 0.477. The Kier molecular flexibility index (Phi) is 1.60. The lowest BCUT2D eigenvalue weighted by Gasteiger charge is -2.28. The van der Waals surface area contributed by atoms with Gasteiger partial charge in [-0.25, -0.2) is 0 Å². The molecule has 1 heteroatoms. The van der Waals surface area contributed by atoms with E-state index in [0.29, 0.717) is 0 Å². The van der Waals surface area contributed by atoms with Gasteiger partial charge in [0.25, 0.3) is 0 Å². The second-order valence-corrected chi connectivity index (χ2v) is 2.55. The lowest BCUT2D eigenvalue weighted by atomic mass is 10.1. The lowest BCUT2D eigenvalue weighted by Crippen LogP contribution is -2.19. The lowest BCUT2D eigenvalue weighted by molar-refractivity contribution is 0.426. The van der Waals surface area contributed by atoms with Crippen molar-refractivity contribution in [1.82, 2.24) is 4.90 Å². The fraction of sp³-hybridized carbons (Fsp3) is 0.500. The molecule has 1 nitrogen and oxygen atoms in total. The normalized spacial score (nSPS) is 20.8. The summed E-state index contributed by atoms with van der Waals surface area (Å²) < 4.78 is 0. The molecule has 0 aromatic heterocycles. The van der Waals surface area contributed by atoms with Crippen LogP contribution in [-0.2, 0) is 0 Å². The minimum Gasteiger partial charge on any atom is -0.353 e. The first kappa shape index (κ1) is 6.40. The highest BCUT2D eigenvalue weighted by molar-refractivity contribution is 5.09. The van der Waals surface area contributed by atoms with E-state index in [1.807, 2.05) is 7.05 Å². The second-order valence-electron chi connectivity index (χ2n) is 2.55. The van der Waals surface area contributed by atoms with E-state index in [9.17, 15) is 0 Å². The van der Waals surface area contributed by atoms with E-state index in [4.69, 9.17) is 0 Å². The molecule has 0 aromatic carbocycles. The van der Waals surface area contributed by atoms with Gasteiger partial charge >= 0.3 is 0 Å². The Bertz CT molecular complexity index is 131. The molecule has 1 heterocycles. The standard InChI is InChI=1S/C8H13N/c1-7-5-4-6-8(2)9(7)3/h1-2,4-6H2,3H3. The summed E-state index contributed by atoms with van der Waals surface area (Å²) in [7, 11) is 2.03. The summed E-state index contributed by atoms with van der Waals surface area (Å²) in [5.74, 6) is 0. The highest BCUT2D eigenvalue weighted by atomic mass is 15.1. The van der Waals surface area contributed by atoms with Crippen molar-refractivity contribution in [3.8, 4) is 0 Å². The van der Waals surface area contributed by atoms with E-state index >= 15 is 0 Å². The maximum Gasteiger partial charge on any atom is 0.0111 e. The Balaban J connectivity index is 2.62. The van der Waals surface area contributed by atoms with Gasteiger partial charge in [0.2, 0.25) is 0 Å². The molecule has 0 spiro atoms. The van der Waals surface area contributed by atoms with Gasteiger partial charge in [-0.1, -0.05) is 13.2 Å². The number of nitrogens with zero attached hydrogens (tertiary/aromatic N) is 1. The third-order valence-electron chi connectivity index (χ3n) is 1.88. The summed E-state index contributed by atoms with van der Waals surface area (Å²) in [5, 5.41) is 0. The van der Waals surface area contributed by atoms with Gasteiger partial charge in [-0.2, -0.15) is 0 Å². The van der Waals surface area contributed by atoms with Crippen molar-refractivity contribution in [3.05, 3.63) is 24.6 Å². The molecule has 0 radical (unpaired) electrons. The minimum atomic E-state index is 1.13. The van der Waals surface area contributed by atoms with Crippen molar-refractivity contribution >= 4 is 0 Å². The van der Waals surface area contributed by atoms with Crippen LogP contribution in [0.4, 0.5) is 0 Å². The Hall–Kier alpha value is -0.720. The molecule has 0 N–H and O–H groups in total. The summed E-state index contributed by atoms with van der Waals surface area (Å²) in [6, 6.07) is 0. The first-order valence-corrected chi connectivity index (χ1v) is 3.31. The number of hydrogen-bond acceptors (Lipinski definition) is 1. The van der Waals surface area contributed by atoms with Crippen molar-refractivity contribution in [1.29, 1.82) is 0 Å². The van der Waals surface area contributed by atoms with Gasteiger partial charge in [0.15, 0.2) is 0 Å². The van der Waals surface area contributed by atoms with Crippen LogP contribution in [-0.4, -0.2) is 11.9 Å². The van der Waals surface area contributed by atoms with Crippen LogP contribution in [0, 0.1) is 0 Å². The molecule has 1 aliphatic rings. The monoisotopic (exact) mass is 123 g/mol. The van der Waals surface area contributed by atoms with Crippen LogP contribution < -0.4 is 0 Å². The molecule has 0 aromatic rings. The first-order chi connectivity index (χ1) is 4.22. The van der Waals surface area contributed by atoms with E-state index in [1.54, 1.807) is 0 Å². The molecule has 0 atom stereocenters. The van der Waals surface area contributed by atoms with Crippen LogP contribution in [0.25, 0.3) is 0 Å². The average molecular weight is 123 g/mol. The number of rotatable bonds is 0. The minimum absolute atomic E-state index is 1.13. The Labute approximate surface area is 56.7 Å². The van der Waals surface area contributed by atoms with Crippen LogP contribution in [0.5, 0.6) is 0 Å². The summed E-state index contributed by atoms with van der Waals surface area (Å²) in [4.78, 5) is 2.09. The largest absolute Gasteiger partial charge is 0.353 e. The zero-order valence-electron chi connectivity index (χ0n) is 5.98. The van der Waals surface area contributed by atoms with Crippen LogP contribution in [0.2, 0.25) is 0 Å². The van der Waals surface area contributed by atoms with Gasteiger partial charge in [-0.05, 0) is 19.3 Å². The Morgan fingerprint density at radius 1 is 1.22 bits per heavy atom.